The Morgan fingerprint density at radius 2 is 1.83 bits per heavy atom. The van der Waals surface area contributed by atoms with Crippen molar-refractivity contribution in [3.8, 4) is 0 Å². The zero-order valence-corrected chi connectivity index (χ0v) is 8.45. The van der Waals surface area contributed by atoms with E-state index in [0.29, 0.717) is 0 Å². The molecule has 0 atom stereocenters. The summed E-state index contributed by atoms with van der Waals surface area (Å²) in [4.78, 5) is 0. The average Bonchev–Trinajstić information content (AvgIpc) is 1.97. The number of hydrogen-bond donors (Lipinski definition) is 3. The van der Waals surface area contributed by atoms with Gasteiger partial charge in [-0.05, 0) is 6.92 Å². The van der Waals surface area contributed by atoms with Crippen molar-refractivity contribution in [2.45, 2.75) is 27.7 Å². The molecule has 0 rings (SSSR count). The molecule has 0 saturated heterocycles. The van der Waals surface area contributed by atoms with E-state index in [4.69, 9.17) is 5.41 Å². The summed E-state index contributed by atoms with van der Waals surface area (Å²) in [5.74, 6) is 0.207. The Bertz CT molecular complexity index is 188. The van der Waals surface area contributed by atoms with E-state index in [9.17, 15) is 0 Å². The highest BCUT2D eigenvalue weighted by Gasteiger charge is 2.13. The first-order chi connectivity index (χ1) is 5.38. The van der Waals surface area contributed by atoms with Crippen molar-refractivity contribution in [1.29, 1.82) is 5.41 Å². The SMILES string of the molecule is CNC(=N)N/N=C(\C)C(C)(C)C. The van der Waals surface area contributed by atoms with Gasteiger partial charge in [-0.2, -0.15) is 5.10 Å². The van der Waals surface area contributed by atoms with Crippen LogP contribution in [-0.4, -0.2) is 18.7 Å². The second-order valence-electron chi connectivity index (χ2n) is 3.68. The van der Waals surface area contributed by atoms with Crippen molar-refractivity contribution in [3.05, 3.63) is 0 Å². The minimum Gasteiger partial charge on any atom is -0.358 e. The van der Waals surface area contributed by atoms with Gasteiger partial charge in [-0.15, -0.1) is 0 Å². The molecule has 0 aromatic heterocycles. The third-order valence-electron chi connectivity index (χ3n) is 1.67. The molecule has 0 aliphatic carbocycles. The van der Waals surface area contributed by atoms with Crippen LogP contribution < -0.4 is 10.7 Å². The maximum Gasteiger partial charge on any atom is 0.208 e. The van der Waals surface area contributed by atoms with Crippen LogP contribution in [0.3, 0.4) is 0 Å². The number of hydrazone groups is 1. The Kier molecular flexibility index (Phi) is 3.73. The Balaban J connectivity index is 4.11. The lowest BCUT2D eigenvalue weighted by molar-refractivity contribution is 0.582. The highest BCUT2D eigenvalue weighted by molar-refractivity contribution is 5.88. The molecule has 0 aromatic carbocycles. The first-order valence-corrected chi connectivity index (χ1v) is 3.95. The molecule has 0 heterocycles. The van der Waals surface area contributed by atoms with Crippen molar-refractivity contribution in [3.63, 3.8) is 0 Å². The number of hydrogen-bond acceptors (Lipinski definition) is 2. The summed E-state index contributed by atoms with van der Waals surface area (Å²) in [6, 6.07) is 0. The second-order valence-corrected chi connectivity index (χ2v) is 3.68. The maximum atomic E-state index is 7.21. The van der Waals surface area contributed by atoms with Crippen molar-refractivity contribution in [1.82, 2.24) is 10.7 Å². The van der Waals surface area contributed by atoms with Gasteiger partial charge in [0.05, 0.1) is 0 Å². The summed E-state index contributed by atoms with van der Waals surface area (Å²) >= 11 is 0. The summed E-state index contributed by atoms with van der Waals surface area (Å²) < 4.78 is 0. The van der Waals surface area contributed by atoms with Crippen LogP contribution >= 0.6 is 0 Å². The summed E-state index contributed by atoms with van der Waals surface area (Å²) in [7, 11) is 1.68. The Morgan fingerprint density at radius 1 is 1.33 bits per heavy atom. The molecule has 0 spiro atoms. The molecule has 0 saturated carbocycles. The summed E-state index contributed by atoms with van der Waals surface area (Å²) in [6.07, 6.45) is 0. The van der Waals surface area contributed by atoms with E-state index < -0.39 is 0 Å². The van der Waals surface area contributed by atoms with E-state index in [1.807, 2.05) is 6.92 Å². The number of nitrogens with one attached hydrogen (secondary N) is 3. The molecule has 12 heavy (non-hydrogen) atoms. The van der Waals surface area contributed by atoms with Gasteiger partial charge in [0.2, 0.25) is 5.96 Å². The molecular formula is C8H18N4. The van der Waals surface area contributed by atoms with Crippen molar-refractivity contribution >= 4 is 11.7 Å². The molecule has 0 fully saturated rings. The van der Waals surface area contributed by atoms with Crippen LogP contribution in [-0.2, 0) is 0 Å². The van der Waals surface area contributed by atoms with E-state index in [2.05, 4.69) is 36.6 Å². The molecule has 0 unspecified atom stereocenters. The molecule has 4 nitrogen and oxygen atoms in total. The van der Waals surface area contributed by atoms with Gasteiger partial charge in [0.1, 0.15) is 0 Å². The molecule has 0 bridgehead atoms. The first-order valence-electron chi connectivity index (χ1n) is 3.95. The van der Waals surface area contributed by atoms with E-state index in [-0.39, 0.29) is 11.4 Å². The van der Waals surface area contributed by atoms with E-state index in [0.717, 1.165) is 5.71 Å². The monoisotopic (exact) mass is 170 g/mol. The van der Waals surface area contributed by atoms with Crippen molar-refractivity contribution in [2.24, 2.45) is 10.5 Å². The molecule has 4 heteroatoms. The summed E-state index contributed by atoms with van der Waals surface area (Å²) in [5, 5.41) is 13.9. The van der Waals surface area contributed by atoms with Gasteiger partial charge < -0.3 is 5.32 Å². The van der Waals surface area contributed by atoms with Gasteiger partial charge in [0.25, 0.3) is 0 Å². The number of nitrogens with zero attached hydrogens (tertiary/aromatic N) is 1. The standard InChI is InChI=1S/C8H18N4/c1-6(8(2,3)4)11-12-7(9)10-5/h1-5H3,(H3,9,10,12)/b11-6+. The van der Waals surface area contributed by atoms with Crippen LogP contribution in [0.5, 0.6) is 0 Å². The lowest BCUT2D eigenvalue weighted by Crippen LogP contribution is -2.32. The molecule has 3 N–H and O–H groups in total. The van der Waals surface area contributed by atoms with Gasteiger partial charge in [-0.3, -0.25) is 5.41 Å². The van der Waals surface area contributed by atoms with E-state index in [1.165, 1.54) is 0 Å². The molecule has 0 radical (unpaired) electrons. The van der Waals surface area contributed by atoms with Gasteiger partial charge in [0, 0.05) is 18.2 Å². The van der Waals surface area contributed by atoms with E-state index >= 15 is 0 Å². The largest absolute Gasteiger partial charge is 0.358 e. The van der Waals surface area contributed by atoms with E-state index in [1.54, 1.807) is 7.05 Å². The lowest BCUT2D eigenvalue weighted by atomic mass is 9.91. The summed E-state index contributed by atoms with van der Waals surface area (Å²) in [5.41, 5.74) is 3.63. The Labute approximate surface area is 73.9 Å². The third-order valence-corrected chi connectivity index (χ3v) is 1.67. The van der Waals surface area contributed by atoms with Gasteiger partial charge in [-0.25, -0.2) is 5.43 Å². The predicted octanol–water partition coefficient (Wildman–Crippen LogP) is 1.15. The number of guanidine groups is 1. The average molecular weight is 170 g/mol. The first kappa shape index (κ1) is 10.9. The molecule has 0 aromatic rings. The van der Waals surface area contributed by atoms with Crippen LogP contribution in [0.1, 0.15) is 27.7 Å². The fourth-order valence-electron chi connectivity index (χ4n) is 0.363. The fraction of sp³-hybridized carbons (Fsp3) is 0.750. The van der Waals surface area contributed by atoms with Crippen LogP contribution in [0.15, 0.2) is 5.10 Å². The molecular weight excluding hydrogens is 152 g/mol. The maximum absolute atomic E-state index is 7.21. The smallest absolute Gasteiger partial charge is 0.208 e. The topological polar surface area (TPSA) is 60.3 Å². The minimum atomic E-state index is 0.0566. The zero-order valence-electron chi connectivity index (χ0n) is 8.45. The Morgan fingerprint density at radius 3 is 2.17 bits per heavy atom. The predicted molar refractivity (Wildman–Crippen MR) is 52.5 cm³/mol. The highest BCUT2D eigenvalue weighted by Crippen LogP contribution is 2.14. The normalized spacial score (nSPS) is 12.6. The van der Waals surface area contributed by atoms with Crippen LogP contribution in [0.25, 0.3) is 0 Å². The molecule has 0 amide bonds. The van der Waals surface area contributed by atoms with Gasteiger partial charge in [0.15, 0.2) is 0 Å². The fourth-order valence-corrected chi connectivity index (χ4v) is 0.363. The van der Waals surface area contributed by atoms with Crippen molar-refractivity contribution < 1.29 is 0 Å². The molecule has 0 aliphatic heterocycles. The number of rotatable bonds is 1. The summed E-state index contributed by atoms with van der Waals surface area (Å²) in [6.45, 7) is 8.18. The highest BCUT2D eigenvalue weighted by atomic mass is 15.4. The van der Waals surface area contributed by atoms with Crippen LogP contribution in [0, 0.1) is 10.8 Å². The van der Waals surface area contributed by atoms with Gasteiger partial charge in [-0.1, -0.05) is 20.8 Å². The second kappa shape index (κ2) is 4.09. The quantitative estimate of drug-likeness (QED) is 0.314. The minimum absolute atomic E-state index is 0.0566. The van der Waals surface area contributed by atoms with Crippen LogP contribution in [0.4, 0.5) is 0 Å². The zero-order chi connectivity index (χ0) is 9.78. The van der Waals surface area contributed by atoms with Crippen molar-refractivity contribution in [2.75, 3.05) is 7.05 Å². The van der Waals surface area contributed by atoms with Gasteiger partial charge >= 0.3 is 0 Å². The molecule has 70 valence electrons. The lowest BCUT2D eigenvalue weighted by Gasteiger charge is -2.17. The van der Waals surface area contributed by atoms with Crippen LogP contribution in [0.2, 0.25) is 0 Å². The Hall–Kier alpha value is -1.06. The third kappa shape index (κ3) is 3.95. The molecule has 0 aliphatic rings.